The van der Waals surface area contributed by atoms with E-state index in [1.54, 1.807) is 86.3 Å². The van der Waals surface area contributed by atoms with Crippen molar-refractivity contribution in [2.45, 2.75) is 101 Å². The van der Waals surface area contributed by atoms with Gasteiger partial charge in [0.1, 0.15) is 22.8 Å². The minimum atomic E-state index is -3.91. The molecule has 2 aliphatic rings. The van der Waals surface area contributed by atoms with Crippen LogP contribution in [0.1, 0.15) is 99.1 Å². The molecule has 0 unspecified atom stereocenters. The summed E-state index contributed by atoms with van der Waals surface area (Å²) in [6.45, 7) is 11.8. The normalized spacial score (nSPS) is 14.6. The number of ether oxygens (including phenoxy) is 4. The van der Waals surface area contributed by atoms with Gasteiger partial charge in [-0.25, -0.2) is 44.8 Å². The minimum Gasteiger partial charge on any atom is -0.465 e. The predicted octanol–water partition coefficient (Wildman–Crippen LogP) is 9.68. The Balaban J connectivity index is 0.000000259. The first-order valence-corrected chi connectivity index (χ1v) is 26.8. The van der Waals surface area contributed by atoms with E-state index in [0.717, 1.165) is 6.07 Å². The van der Waals surface area contributed by atoms with Crippen molar-refractivity contribution in [1.29, 1.82) is 0 Å². The van der Waals surface area contributed by atoms with Crippen LogP contribution in [0.15, 0.2) is 97.1 Å². The Morgan fingerprint density at radius 2 is 1.04 bits per heavy atom. The number of esters is 2. The molecule has 2 amide bonds. The predicted molar refractivity (Wildman–Crippen MR) is 270 cm³/mol. The van der Waals surface area contributed by atoms with Gasteiger partial charge in [0.15, 0.2) is 0 Å². The highest BCUT2D eigenvalue weighted by molar-refractivity contribution is 9.08. The van der Waals surface area contributed by atoms with E-state index in [4.69, 9.17) is 9.47 Å². The third kappa shape index (κ3) is 17.5. The van der Waals surface area contributed by atoms with Crippen molar-refractivity contribution in [3.63, 3.8) is 0 Å². The summed E-state index contributed by atoms with van der Waals surface area (Å²) in [5.41, 5.74) is 0.679. The van der Waals surface area contributed by atoms with E-state index in [2.05, 4.69) is 30.1 Å². The molecule has 0 saturated carbocycles. The number of para-hydroxylation sites is 2. The summed E-state index contributed by atoms with van der Waals surface area (Å²) in [6, 6.07) is 25.4. The number of nitrogens with zero attached hydrogens (tertiary/aromatic N) is 3. The highest BCUT2D eigenvalue weighted by Gasteiger charge is 2.38. The number of likely N-dealkylation sites (tertiary alicyclic amines) is 2. The Kier molecular flexibility index (Phi) is 20.8. The molecule has 71 heavy (non-hydrogen) atoms. The quantitative estimate of drug-likeness (QED) is 0.0850. The van der Waals surface area contributed by atoms with Crippen LogP contribution in [0.2, 0.25) is 0 Å². The van der Waals surface area contributed by atoms with Crippen molar-refractivity contribution >= 4 is 71.5 Å². The molecule has 0 radical (unpaired) electrons. The molecule has 4 aromatic carbocycles. The SMILES string of the molecule is CC(C)(C)OC(=O)N1CCC(S(=O)(=O)Nc2ccccc2)CC1.COC(=O)c1ccc(CBr)c(F)c1.COC(=O)c1ccc(CN(c2ccccc2)S(=O)(=O)C2CCN(C(=O)OC(C)(C)C)CC2)c(F)c1. The van der Waals surface area contributed by atoms with Crippen molar-refractivity contribution in [2.75, 3.05) is 49.4 Å². The number of anilines is 2. The van der Waals surface area contributed by atoms with Crippen LogP contribution in [-0.2, 0) is 50.9 Å². The van der Waals surface area contributed by atoms with Gasteiger partial charge in [0.2, 0.25) is 20.0 Å². The van der Waals surface area contributed by atoms with Crippen LogP contribution in [0.4, 0.5) is 29.7 Å². The maximum absolute atomic E-state index is 14.8. The third-order valence-corrected chi connectivity index (χ3v) is 15.6. The first-order valence-electron chi connectivity index (χ1n) is 22.7. The maximum Gasteiger partial charge on any atom is 0.410 e. The molecule has 0 spiro atoms. The molecule has 0 bridgehead atoms. The Hall–Kier alpha value is -5.80. The van der Waals surface area contributed by atoms with Gasteiger partial charge in [-0.15, -0.1) is 0 Å². The fraction of sp³-hybridized carbons (Fsp3) is 0.440. The largest absolute Gasteiger partial charge is 0.465 e. The third-order valence-electron chi connectivity index (χ3n) is 10.8. The highest BCUT2D eigenvalue weighted by atomic mass is 79.9. The summed E-state index contributed by atoms with van der Waals surface area (Å²) in [5, 5.41) is -0.819. The first kappa shape index (κ1) is 57.8. The Labute approximate surface area is 424 Å². The van der Waals surface area contributed by atoms with Gasteiger partial charge < -0.3 is 28.7 Å². The monoisotopic (exact) mass is 1090 g/mol. The van der Waals surface area contributed by atoms with Gasteiger partial charge in [-0.2, -0.15) is 0 Å². The van der Waals surface area contributed by atoms with Crippen molar-refractivity contribution in [1.82, 2.24) is 9.80 Å². The molecular formula is C50H63BrF2N4O12S2. The number of benzene rings is 4. The van der Waals surface area contributed by atoms with E-state index in [1.165, 1.54) is 47.7 Å². The second-order valence-corrected chi connectivity index (χ2v) is 23.1. The first-order chi connectivity index (χ1) is 33.3. The average Bonchev–Trinajstić information content (AvgIpc) is 3.32. The number of rotatable bonds is 11. The van der Waals surface area contributed by atoms with Crippen molar-refractivity contribution in [3.8, 4) is 0 Å². The van der Waals surface area contributed by atoms with Gasteiger partial charge in [-0.05, 0) is 121 Å². The van der Waals surface area contributed by atoms with E-state index in [1.807, 2.05) is 26.8 Å². The standard InChI is InChI=1S/C25H31FN2O6S.C16H24N2O4S.C9H8BrFO2/c1-25(2,3)34-24(30)27-14-12-21(13-15-27)35(31,32)28(20-8-6-5-7-9-20)17-19-11-10-18(16-22(19)26)23(29)33-4;1-16(2,3)22-15(19)18-11-9-14(10-12-18)23(20,21)17-13-7-5-4-6-8-13;1-13-9(12)6-2-3-7(5-10)8(11)4-6/h5-11,16,21H,12-15,17H2,1-4H3;4-8,14,17H,9-12H2,1-3H3;2-4H,5H2,1H3. The number of piperidine rings is 2. The molecular weight excluding hydrogens is 1030 g/mol. The molecule has 0 aromatic heterocycles. The van der Waals surface area contributed by atoms with E-state index < -0.39 is 71.4 Å². The second kappa shape index (κ2) is 25.5. The molecule has 2 aliphatic heterocycles. The number of halogens is 3. The highest BCUT2D eigenvalue weighted by Crippen LogP contribution is 2.30. The van der Waals surface area contributed by atoms with Crippen LogP contribution in [-0.4, -0.2) is 113 Å². The Morgan fingerprint density at radius 1 is 0.634 bits per heavy atom. The lowest BCUT2D eigenvalue weighted by atomic mass is 10.1. The lowest BCUT2D eigenvalue weighted by Crippen LogP contribution is -2.48. The van der Waals surface area contributed by atoms with Crippen molar-refractivity contribution in [2.24, 2.45) is 0 Å². The summed E-state index contributed by atoms with van der Waals surface area (Å²) < 4.78 is 104. The van der Waals surface area contributed by atoms with E-state index in [-0.39, 0.29) is 55.3 Å². The van der Waals surface area contributed by atoms with Crippen molar-refractivity contribution in [3.05, 3.63) is 131 Å². The van der Waals surface area contributed by atoms with Crippen LogP contribution in [0.3, 0.4) is 0 Å². The topological polar surface area (TPSA) is 195 Å². The Morgan fingerprint density at radius 3 is 1.44 bits per heavy atom. The molecule has 388 valence electrons. The van der Waals surface area contributed by atoms with Gasteiger partial charge in [0.05, 0.1) is 48.1 Å². The molecule has 21 heteroatoms. The molecule has 1 N–H and O–H groups in total. The molecule has 0 atom stereocenters. The lowest BCUT2D eigenvalue weighted by Gasteiger charge is -2.36. The number of alkyl halides is 1. The number of sulfonamides is 2. The number of carbonyl (C=O) groups excluding carboxylic acids is 4. The van der Waals surface area contributed by atoms with E-state index in [0.29, 0.717) is 48.2 Å². The summed E-state index contributed by atoms with van der Waals surface area (Å²) in [6.07, 6.45) is 0.414. The zero-order chi connectivity index (χ0) is 52.7. The van der Waals surface area contributed by atoms with Crippen LogP contribution < -0.4 is 9.03 Å². The fourth-order valence-electron chi connectivity index (χ4n) is 7.17. The van der Waals surface area contributed by atoms with E-state index in [9.17, 15) is 44.8 Å². The summed E-state index contributed by atoms with van der Waals surface area (Å²) >= 11 is 3.13. The van der Waals surface area contributed by atoms with Crippen molar-refractivity contribution < 1.29 is 63.7 Å². The molecule has 0 aliphatic carbocycles. The van der Waals surface area contributed by atoms with Gasteiger partial charge in [0, 0.05) is 42.8 Å². The number of hydrogen-bond acceptors (Lipinski definition) is 12. The number of methoxy groups -OCH3 is 2. The zero-order valence-electron chi connectivity index (χ0n) is 41.2. The summed E-state index contributed by atoms with van der Waals surface area (Å²) in [7, 11) is -4.90. The maximum atomic E-state index is 14.8. The molecule has 6 rings (SSSR count). The fourth-order valence-corrected chi connectivity index (χ4v) is 11.0. The molecule has 16 nitrogen and oxygen atoms in total. The average molecular weight is 1090 g/mol. The van der Waals surface area contributed by atoms with Crippen LogP contribution in [0.25, 0.3) is 0 Å². The minimum absolute atomic E-state index is 0.0392. The van der Waals surface area contributed by atoms with E-state index >= 15 is 0 Å². The van der Waals surface area contributed by atoms with Gasteiger partial charge in [0.25, 0.3) is 0 Å². The van der Waals surface area contributed by atoms with Gasteiger partial charge in [-0.3, -0.25) is 9.03 Å². The molecule has 4 aromatic rings. The summed E-state index contributed by atoms with van der Waals surface area (Å²) in [4.78, 5) is 50.1. The molecule has 2 saturated heterocycles. The van der Waals surface area contributed by atoms with Gasteiger partial charge >= 0.3 is 24.1 Å². The lowest BCUT2D eigenvalue weighted by molar-refractivity contribution is 0.0207. The number of nitrogens with one attached hydrogen (secondary N) is 1. The molecule has 2 heterocycles. The zero-order valence-corrected chi connectivity index (χ0v) is 44.4. The molecule has 2 fully saturated rings. The van der Waals surface area contributed by atoms with Gasteiger partial charge in [-0.1, -0.05) is 64.5 Å². The smallest absolute Gasteiger partial charge is 0.410 e. The second-order valence-electron chi connectivity index (χ2n) is 18.5. The van der Waals surface area contributed by atoms with Crippen LogP contribution in [0.5, 0.6) is 0 Å². The number of hydrogen-bond donors (Lipinski definition) is 1. The summed E-state index contributed by atoms with van der Waals surface area (Å²) in [5.74, 6) is -2.32. The number of amides is 2. The Bertz CT molecular complexity index is 2650. The number of carbonyl (C=O) groups is 4. The van der Waals surface area contributed by atoms with Crippen LogP contribution in [0, 0.1) is 11.6 Å². The van der Waals surface area contributed by atoms with Crippen LogP contribution >= 0.6 is 15.9 Å².